The van der Waals surface area contributed by atoms with E-state index in [1.165, 1.54) is 0 Å². The number of thiazole rings is 1. The molecule has 120 valence electrons. The van der Waals surface area contributed by atoms with E-state index in [0.717, 1.165) is 36.6 Å². The van der Waals surface area contributed by atoms with E-state index in [9.17, 15) is 9.59 Å². The maximum Gasteiger partial charge on any atom is 0.234 e. The van der Waals surface area contributed by atoms with Crippen LogP contribution in [0.25, 0.3) is 0 Å². The molecule has 1 N–H and O–H groups in total. The molecule has 2 fully saturated rings. The fraction of sp³-hybridized carbons (Fsp3) is 0.667. The van der Waals surface area contributed by atoms with Crippen LogP contribution in [0.2, 0.25) is 0 Å². The lowest BCUT2D eigenvalue weighted by atomic mass is 10.2. The van der Waals surface area contributed by atoms with Gasteiger partial charge in [0.2, 0.25) is 11.8 Å². The van der Waals surface area contributed by atoms with Gasteiger partial charge in [0.1, 0.15) is 0 Å². The van der Waals surface area contributed by atoms with Gasteiger partial charge in [0.05, 0.1) is 23.7 Å². The Labute approximate surface area is 134 Å². The van der Waals surface area contributed by atoms with Gasteiger partial charge in [-0.05, 0) is 19.8 Å². The van der Waals surface area contributed by atoms with Crippen molar-refractivity contribution in [3.63, 3.8) is 0 Å². The van der Waals surface area contributed by atoms with Crippen molar-refractivity contribution in [2.45, 2.75) is 32.2 Å². The van der Waals surface area contributed by atoms with Crippen molar-refractivity contribution in [1.82, 2.24) is 20.1 Å². The Hall–Kier alpha value is -1.47. The molecular weight excluding hydrogens is 300 g/mol. The zero-order valence-electron chi connectivity index (χ0n) is 12.9. The van der Waals surface area contributed by atoms with Gasteiger partial charge in [0.25, 0.3) is 0 Å². The Morgan fingerprint density at radius 3 is 2.64 bits per heavy atom. The van der Waals surface area contributed by atoms with Crippen LogP contribution in [-0.4, -0.2) is 65.4 Å². The highest BCUT2D eigenvalue weighted by Crippen LogP contribution is 2.18. The quantitative estimate of drug-likeness (QED) is 0.853. The normalized spacial score (nSPS) is 19.2. The minimum atomic E-state index is 0.111. The summed E-state index contributed by atoms with van der Waals surface area (Å²) in [5.74, 6) is 0.243. The summed E-state index contributed by atoms with van der Waals surface area (Å²) < 4.78 is 0. The average molecular weight is 322 g/mol. The number of rotatable bonds is 5. The van der Waals surface area contributed by atoms with Crippen molar-refractivity contribution in [2.24, 2.45) is 0 Å². The van der Waals surface area contributed by atoms with Gasteiger partial charge < -0.3 is 10.2 Å². The van der Waals surface area contributed by atoms with Crippen molar-refractivity contribution in [2.75, 3.05) is 32.7 Å². The van der Waals surface area contributed by atoms with Gasteiger partial charge in [-0.25, -0.2) is 4.98 Å². The summed E-state index contributed by atoms with van der Waals surface area (Å²) in [7, 11) is 0. The summed E-state index contributed by atoms with van der Waals surface area (Å²) in [4.78, 5) is 32.4. The standard InChI is InChI=1S/C15H22N4O2S/c1-11-16-13(10-22-11)8-15(21)19-6-4-18(5-7-19)9-14(20)17-12-2-3-12/h10,12H,2-9H2,1H3,(H,17,20). The van der Waals surface area contributed by atoms with E-state index in [2.05, 4.69) is 15.2 Å². The Kier molecular flexibility index (Phi) is 4.73. The second-order valence-electron chi connectivity index (χ2n) is 6.03. The third kappa shape index (κ3) is 4.27. The predicted octanol–water partition coefficient (Wildman–Crippen LogP) is 0.417. The first-order valence-electron chi connectivity index (χ1n) is 7.80. The monoisotopic (exact) mass is 322 g/mol. The molecule has 0 atom stereocenters. The number of piperazine rings is 1. The van der Waals surface area contributed by atoms with Crippen molar-refractivity contribution in [3.8, 4) is 0 Å². The van der Waals surface area contributed by atoms with E-state index in [1.807, 2.05) is 17.2 Å². The second kappa shape index (κ2) is 6.75. The molecule has 1 aromatic heterocycles. The molecule has 0 radical (unpaired) electrons. The number of aromatic nitrogens is 1. The lowest BCUT2D eigenvalue weighted by Crippen LogP contribution is -2.51. The molecule has 0 aromatic carbocycles. The number of carbonyl (C=O) groups is 2. The highest BCUT2D eigenvalue weighted by atomic mass is 32.1. The summed E-state index contributed by atoms with van der Waals surface area (Å²) in [6.07, 6.45) is 2.61. The summed E-state index contributed by atoms with van der Waals surface area (Å²) in [5, 5.41) is 5.95. The molecule has 1 aliphatic carbocycles. The van der Waals surface area contributed by atoms with Gasteiger partial charge in [0.15, 0.2) is 0 Å². The van der Waals surface area contributed by atoms with Crippen molar-refractivity contribution in [1.29, 1.82) is 0 Å². The highest BCUT2D eigenvalue weighted by Gasteiger charge is 2.26. The topological polar surface area (TPSA) is 65.5 Å². The Balaban J connectivity index is 1.40. The van der Waals surface area contributed by atoms with Gasteiger partial charge in [-0.3, -0.25) is 14.5 Å². The zero-order valence-corrected chi connectivity index (χ0v) is 13.7. The van der Waals surface area contributed by atoms with Crippen LogP contribution in [-0.2, 0) is 16.0 Å². The van der Waals surface area contributed by atoms with E-state index in [0.29, 0.717) is 32.1 Å². The van der Waals surface area contributed by atoms with Gasteiger partial charge in [0, 0.05) is 37.6 Å². The smallest absolute Gasteiger partial charge is 0.234 e. The molecule has 0 unspecified atom stereocenters. The molecule has 2 aliphatic rings. The van der Waals surface area contributed by atoms with Crippen LogP contribution in [0.1, 0.15) is 23.5 Å². The lowest BCUT2D eigenvalue weighted by molar-refractivity contribution is -0.132. The molecule has 0 bridgehead atoms. The number of nitrogens with zero attached hydrogens (tertiary/aromatic N) is 3. The van der Waals surface area contributed by atoms with Crippen LogP contribution < -0.4 is 5.32 Å². The van der Waals surface area contributed by atoms with E-state index in [-0.39, 0.29) is 11.8 Å². The molecule has 1 saturated heterocycles. The number of amides is 2. The lowest BCUT2D eigenvalue weighted by Gasteiger charge is -2.34. The first-order chi connectivity index (χ1) is 10.6. The maximum absolute atomic E-state index is 12.3. The number of carbonyl (C=O) groups excluding carboxylic acids is 2. The van der Waals surface area contributed by atoms with Crippen LogP contribution >= 0.6 is 11.3 Å². The van der Waals surface area contributed by atoms with Crippen LogP contribution in [0, 0.1) is 6.92 Å². The van der Waals surface area contributed by atoms with Crippen molar-refractivity contribution in [3.05, 3.63) is 16.1 Å². The van der Waals surface area contributed by atoms with E-state index in [4.69, 9.17) is 0 Å². The van der Waals surface area contributed by atoms with Gasteiger partial charge in [-0.15, -0.1) is 11.3 Å². The highest BCUT2D eigenvalue weighted by molar-refractivity contribution is 7.09. The molecule has 0 spiro atoms. The van der Waals surface area contributed by atoms with Crippen LogP contribution in [0.15, 0.2) is 5.38 Å². The molecule has 22 heavy (non-hydrogen) atoms. The molecule has 2 heterocycles. The molecule has 1 saturated carbocycles. The summed E-state index contributed by atoms with van der Waals surface area (Å²) >= 11 is 1.58. The molecular formula is C15H22N4O2S. The molecule has 3 rings (SSSR count). The zero-order chi connectivity index (χ0) is 15.5. The third-order valence-electron chi connectivity index (χ3n) is 4.03. The first-order valence-corrected chi connectivity index (χ1v) is 8.68. The van der Waals surface area contributed by atoms with Crippen LogP contribution in [0.5, 0.6) is 0 Å². The van der Waals surface area contributed by atoms with Crippen molar-refractivity contribution < 1.29 is 9.59 Å². The number of aryl methyl sites for hydroxylation is 1. The summed E-state index contributed by atoms with van der Waals surface area (Å²) in [5.41, 5.74) is 0.860. The van der Waals surface area contributed by atoms with Crippen molar-refractivity contribution >= 4 is 23.2 Å². The summed E-state index contributed by atoms with van der Waals surface area (Å²) in [6, 6.07) is 0.414. The molecule has 1 aliphatic heterocycles. The minimum Gasteiger partial charge on any atom is -0.352 e. The molecule has 7 heteroatoms. The van der Waals surface area contributed by atoms with Gasteiger partial charge in [-0.2, -0.15) is 0 Å². The third-order valence-corrected chi connectivity index (χ3v) is 4.86. The minimum absolute atomic E-state index is 0.111. The fourth-order valence-corrected chi connectivity index (χ4v) is 3.23. The average Bonchev–Trinajstić information content (AvgIpc) is 3.20. The molecule has 6 nitrogen and oxygen atoms in total. The summed E-state index contributed by atoms with van der Waals surface area (Å²) in [6.45, 7) is 5.31. The van der Waals surface area contributed by atoms with Crippen LogP contribution in [0.4, 0.5) is 0 Å². The number of hydrogen-bond acceptors (Lipinski definition) is 5. The van der Waals surface area contributed by atoms with Crippen LogP contribution in [0.3, 0.4) is 0 Å². The first kappa shape index (κ1) is 15.4. The molecule has 2 amide bonds. The Bertz CT molecular complexity index is 547. The molecule has 1 aromatic rings. The predicted molar refractivity (Wildman–Crippen MR) is 84.7 cm³/mol. The Morgan fingerprint density at radius 1 is 1.32 bits per heavy atom. The van der Waals surface area contributed by atoms with E-state index < -0.39 is 0 Å². The fourth-order valence-electron chi connectivity index (χ4n) is 2.62. The number of nitrogens with one attached hydrogen (secondary N) is 1. The SMILES string of the molecule is Cc1nc(CC(=O)N2CCN(CC(=O)NC3CC3)CC2)cs1. The maximum atomic E-state index is 12.3. The largest absolute Gasteiger partial charge is 0.352 e. The number of hydrogen-bond donors (Lipinski definition) is 1. The van der Waals surface area contributed by atoms with Gasteiger partial charge >= 0.3 is 0 Å². The van der Waals surface area contributed by atoms with E-state index in [1.54, 1.807) is 11.3 Å². The van der Waals surface area contributed by atoms with E-state index >= 15 is 0 Å². The Morgan fingerprint density at radius 2 is 2.05 bits per heavy atom. The second-order valence-corrected chi connectivity index (χ2v) is 7.10. The van der Waals surface area contributed by atoms with Gasteiger partial charge in [-0.1, -0.05) is 0 Å².